The second-order valence-electron chi connectivity index (χ2n) is 4.77. The minimum Gasteiger partial charge on any atom is -0.395 e. The Morgan fingerprint density at radius 3 is 2.95 bits per heavy atom. The molecule has 20 heavy (non-hydrogen) atoms. The van der Waals surface area contributed by atoms with Crippen molar-refractivity contribution in [1.82, 2.24) is 15.1 Å². The van der Waals surface area contributed by atoms with E-state index < -0.39 is 0 Å². The molecule has 0 aromatic carbocycles. The Hall–Kier alpha value is -1.86. The number of amides is 3. The molecular formula is C13H15N3O3S. The summed E-state index contributed by atoms with van der Waals surface area (Å²) in [6.07, 6.45) is 0. The van der Waals surface area contributed by atoms with E-state index in [1.165, 1.54) is 16.2 Å². The number of carbonyl (C=O) groups is 2. The number of thiophene rings is 1. The second kappa shape index (κ2) is 4.92. The molecule has 0 unspecified atom stereocenters. The van der Waals surface area contributed by atoms with Crippen molar-refractivity contribution in [3.63, 3.8) is 0 Å². The summed E-state index contributed by atoms with van der Waals surface area (Å²) in [5.41, 5.74) is 1.34. The van der Waals surface area contributed by atoms with Crippen molar-refractivity contribution >= 4 is 23.3 Å². The summed E-state index contributed by atoms with van der Waals surface area (Å²) in [6.45, 7) is 0.576. The number of nitrogens with zero attached hydrogens (tertiary/aromatic N) is 2. The topological polar surface area (TPSA) is 72.9 Å². The van der Waals surface area contributed by atoms with E-state index in [-0.39, 0.29) is 31.1 Å². The number of β-amino-alcohol motifs (C(OH)–C–C–N with tert-alkyl or cyclic N) is 1. The number of hydrogen-bond donors (Lipinski definition) is 2. The van der Waals surface area contributed by atoms with Crippen molar-refractivity contribution < 1.29 is 14.7 Å². The van der Waals surface area contributed by atoms with E-state index in [0.29, 0.717) is 12.1 Å². The lowest BCUT2D eigenvalue weighted by atomic mass is 10.0. The molecule has 1 atom stereocenters. The summed E-state index contributed by atoms with van der Waals surface area (Å²) in [5, 5.41) is 13.8. The molecule has 0 radical (unpaired) electrons. The Kier molecular flexibility index (Phi) is 3.23. The highest BCUT2D eigenvalue weighted by atomic mass is 32.1. The van der Waals surface area contributed by atoms with Gasteiger partial charge in [0.1, 0.15) is 0 Å². The van der Waals surface area contributed by atoms with Gasteiger partial charge in [-0.1, -0.05) is 6.07 Å². The summed E-state index contributed by atoms with van der Waals surface area (Å²) < 4.78 is 0. The predicted octanol–water partition coefficient (Wildman–Crippen LogP) is 0.533. The molecule has 3 amide bonds. The molecule has 7 heteroatoms. The lowest BCUT2D eigenvalue weighted by Gasteiger charge is -2.30. The van der Waals surface area contributed by atoms with Gasteiger partial charge in [0, 0.05) is 18.5 Å². The number of rotatable bonds is 3. The third kappa shape index (κ3) is 1.90. The number of nitrogens with one attached hydrogen (secondary N) is 1. The number of aliphatic hydroxyl groups is 1. The maximum atomic E-state index is 12.5. The summed E-state index contributed by atoms with van der Waals surface area (Å²) >= 11 is 1.51. The Labute approximate surface area is 120 Å². The van der Waals surface area contributed by atoms with Crippen LogP contribution in [0.1, 0.15) is 10.9 Å². The minimum absolute atomic E-state index is 0.0823. The van der Waals surface area contributed by atoms with Crippen LogP contribution in [0.5, 0.6) is 0 Å². The van der Waals surface area contributed by atoms with Crippen LogP contribution < -0.4 is 5.32 Å². The molecule has 0 saturated carbocycles. The highest BCUT2D eigenvalue weighted by Gasteiger charge is 2.42. The van der Waals surface area contributed by atoms with Crippen LogP contribution in [0.15, 0.2) is 28.8 Å². The lowest BCUT2D eigenvalue weighted by Crippen LogP contribution is -2.45. The van der Waals surface area contributed by atoms with Crippen LogP contribution in [0.3, 0.4) is 0 Å². The van der Waals surface area contributed by atoms with Crippen molar-refractivity contribution in [2.24, 2.45) is 0 Å². The van der Waals surface area contributed by atoms with E-state index in [2.05, 4.69) is 5.32 Å². The normalized spacial score (nSPS) is 22.4. The van der Waals surface area contributed by atoms with Crippen molar-refractivity contribution in [2.45, 2.75) is 6.04 Å². The molecule has 2 aliphatic rings. The van der Waals surface area contributed by atoms with Gasteiger partial charge in [0.05, 0.1) is 30.5 Å². The zero-order chi connectivity index (χ0) is 14.3. The van der Waals surface area contributed by atoms with E-state index in [9.17, 15) is 9.59 Å². The van der Waals surface area contributed by atoms with Gasteiger partial charge >= 0.3 is 6.03 Å². The van der Waals surface area contributed by atoms with E-state index in [0.717, 1.165) is 10.6 Å². The quantitative estimate of drug-likeness (QED) is 0.854. The van der Waals surface area contributed by atoms with Crippen LogP contribution in [0.2, 0.25) is 0 Å². The molecule has 6 nitrogen and oxygen atoms in total. The Bertz CT molecular complexity index is 582. The largest absolute Gasteiger partial charge is 0.395 e. The monoisotopic (exact) mass is 293 g/mol. The molecule has 0 fully saturated rings. The number of likely N-dealkylation sites (N-methyl/N-ethyl adjacent to an activating group) is 1. The number of hydrogen-bond acceptors (Lipinski definition) is 4. The number of urea groups is 1. The summed E-state index contributed by atoms with van der Waals surface area (Å²) in [6, 6.07) is 3.22. The third-order valence-electron chi connectivity index (χ3n) is 3.63. The molecule has 106 valence electrons. The molecule has 0 aliphatic carbocycles. The van der Waals surface area contributed by atoms with Gasteiger partial charge < -0.3 is 15.3 Å². The molecular weight excluding hydrogens is 278 g/mol. The van der Waals surface area contributed by atoms with Gasteiger partial charge in [-0.2, -0.15) is 0 Å². The molecule has 1 aromatic heterocycles. The van der Waals surface area contributed by atoms with E-state index in [4.69, 9.17) is 5.11 Å². The maximum absolute atomic E-state index is 12.5. The van der Waals surface area contributed by atoms with Crippen LogP contribution in [0, 0.1) is 0 Å². The van der Waals surface area contributed by atoms with E-state index >= 15 is 0 Å². The summed E-state index contributed by atoms with van der Waals surface area (Å²) in [4.78, 5) is 28.5. The maximum Gasteiger partial charge on any atom is 0.322 e. The SMILES string of the molecule is CN1C(=O)N[C@H](c2cccs2)C2=C1CN(CCO)C2=O. The van der Waals surface area contributed by atoms with Gasteiger partial charge in [0.2, 0.25) is 0 Å². The highest BCUT2D eigenvalue weighted by Crippen LogP contribution is 2.36. The minimum atomic E-state index is -0.384. The molecule has 2 aliphatic heterocycles. The highest BCUT2D eigenvalue weighted by molar-refractivity contribution is 7.10. The zero-order valence-electron chi connectivity index (χ0n) is 11.0. The number of carbonyl (C=O) groups excluding carboxylic acids is 2. The van der Waals surface area contributed by atoms with Gasteiger partial charge in [-0.15, -0.1) is 11.3 Å². The molecule has 0 bridgehead atoms. The first-order chi connectivity index (χ1) is 9.63. The summed E-state index contributed by atoms with van der Waals surface area (Å²) in [7, 11) is 1.66. The Balaban J connectivity index is 2.01. The average molecular weight is 293 g/mol. The number of aliphatic hydroxyl groups excluding tert-OH is 1. The molecule has 3 heterocycles. The van der Waals surface area contributed by atoms with Gasteiger partial charge in [-0.25, -0.2) is 4.79 Å². The third-order valence-corrected chi connectivity index (χ3v) is 4.57. The smallest absolute Gasteiger partial charge is 0.322 e. The van der Waals surface area contributed by atoms with Crippen molar-refractivity contribution in [2.75, 3.05) is 26.7 Å². The Morgan fingerprint density at radius 1 is 1.50 bits per heavy atom. The fourth-order valence-corrected chi connectivity index (χ4v) is 3.38. The summed E-state index contributed by atoms with van der Waals surface area (Å²) in [5.74, 6) is -0.112. The lowest BCUT2D eigenvalue weighted by molar-refractivity contribution is -0.126. The molecule has 0 saturated heterocycles. The van der Waals surface area contributed by atoms with Gasteiger partial charge in [-0.05, 0) is 11.4 Å². The van der Waals surface area contributed by atoms with Crippen LogP contribution >= 0.6 is 11.3 Å². The van der Waals surface area contributed by atoms with Crippen LogP contribution in [0.4, 0.5) is 4.79 Å². The average Bonchev–Trinajstić information content (AvgIpc) is 3.05. The van der Waals surface area contributed by atoms with Crippen molar-refractivity contribution in [3.05, 3.63) is 33.7 Å². The zero-order valence-corrected chi connectivity index (χ0v) is 11.8. The first kappa shape index (κ1) is 13.1. The predicted molar refractivity (Wildman–Crippen MR) is 74.0 cm³/mol. The molecule has 0 spiro atoms. The molecule has 1 aromatic rings. The second-order valence-corrected chi connectivity index (χ2v) is 5.75. The van der Waals surface area contributed by atoms with Gasteiger partial charge in [0.25, 0.3) is 5.91 Å². The standard InChI is InChI=1S/C13H15N3O3S/c1-15-8-7-16(4-5-17)12(18)10(8)11(14-13(15)19)9-3-2-6-20-9/h2-3,6,11,17H,4-5,7H2,1H3,(H,14,19)/t11-/m1/s1. The van der Waals surface area contributed by atoms with Gasteiger partial charge in [0.15, 0.2) is 0 Å². The van der Waals surface area contributed by atoms with Crippen LogP contribution in [0.25, 0.3) is 0 Å². The fraction of sp³-hybridized carbons (Fsp3) is 0.385. The molecule has 2 N–H and O–H groups in total. The Morgan fingerprint density at radius 2 is 2.30 bits per heavy atom. The van der Waals surface area contributed by atoms with Gasteiger partial charge in [-0.3, -0.25) is 9.69 Å². The fourth-order valence-electron chi connectivity index (χ4n) is 2.59. The van der Waals surface area contributed by atoms with Crippen LogP contribution in [-0.4, -0.2) is 53.6 Å². The van der Waals surface area contributed by atoms with E-state index in [1.54, 1.807) is 11.9 Å². The first-order valence-electron chi connectivity index (χ1n) is 6.34. The van der Waals surface area contributed by atoms with Crippen molar-refractivity contribution in [3.8, 4) is 0 Å². The molecule has 3 rings (SSSR count). The van der Waals surface area contributed by atoms with E-state index in [1.807, 2.05) is 17.5 Å². The van der Waals surface area contributed by atoms with Crippen molar-refractivity contribution in [1.29, 1.82) is 0 Å². The van der Waals surface area contributed by atoms with Crippen LogP contribution in [-0.2, 0) is 4.79 Å². The first-order valence-corrected chi connectivity index (χ1v) is 7.22.